The number of fused-ring (bicyclic) bond motifs is 22. The number of hydrogen-bond donors (Lipinski definition) is 0. The Kier molecular flexibility index (Phi) is 5.70. The van der Waals surface area contributed by atoms with Gasteiger partial charge in [-0.1, -0.05) is 152 Å². The van der Waals surface area contributed by atoms with Crippen molar-refractivity contribution in [3.05, 3.63) is 182 Å². The normalized spacial score (nSPS) is 13.6. The van der Waals surface area contributed by atoms with Crippen LogP contribution in [0.1, 0.15) is 0 Å². The fraction of sp³-hybridized carbons (Fsp3) is 0. The van der Waals surface area contributed by atoms with Crippen LogP contribution in [0.2, 0.25) is 0 Å². The van der Waals surface area contributed by atoms with Crippen molar-refractivity contribution >= 4 is 58.3 Å². The molecule has 0 fully saturated rings. The standard InChI is InChI=1S/C48H30B2N2/c1-7-21-40-34(15-1)36-17-5-11-25-45(36)52-47-27-13-20-32(48(47)38-19-3-9-23-42(38)49(40)52)31-28-29-43-39(30-31)37-18-6-12-26-46(37)51-44-24-10-4-16-35(44)33-14-2-8-22-41(33)50(43)51/h1-30H. The van der Waals surface area contributed by atoms with Crippen LogP contribution in [-0.4, -0.2) is 13.7 Å². The molecule has 52 heavy (non-hydrogen) atoms. The van der Waals surface area contributed by atoms with E-state index in [0.29, 0.717) is 0 Å². The third kappa shape index (κ3) is 3.66. The smallest absolute Gasteiger partial charge is 0.329 e. The van der Waals surface area contributed by atoms with Crippen molar-refractivity contribution in [2.75, 3.05) is 9.62 Å². The van der Waals surface area contributed by atoms with Gasteiger partial charge in [0.15, 0.2) is 0 Å². The summed E-state index contributed by atoms with van der Waals surface area (Å²) in [5.41, 5.74) is 23.3. The summed E-state index contributed by atoms with van der Waals surface area (Å²) < 4.78 is 0. The van der Waals surface area contributed by atoms with E-state index in [0.717, 1.165) is 0 Å². The van der Waals surface area contributed by atoms with Gasteiger partial charge in [-0.2, -0.15) is 0 Å². The first-order chi connectivity index (χ1) is 25.8. The Morgan fingerprint density at radius 1 is 0.269 bits per heavy atom. The van der Waals surface area contributed by atoms with Crippen molar-refractivity contribution in [1.29, 1.82) is 0 Å². The molecule has 0 amide bonds. The molecule has 0 aliphatic carbocycles. The van der Waals surface area contributed by atoms with E-state index >= 15 is 0 Å². The van der Waals surface area contributed by atoms with Gasteiger partial charge in [-0.05, 0) is 85.6 Å². The topological polar surface area (TPSA) is 6.48 Å². The number of benzene rings is 8. The number of anilines is 4. The Balaban J connectivity index is 1.10. The molecule has 12 rings (SSSR count). The monoisotopic (exact) mass is 656 g/mol. The average molecular weight is 656 g/mol. The highest BCUT2D eigenvalue weighted by atomic mass is 15.1. The molecule has 8 aromatic rings. The lowest BCUT2D eigenvalue weighted by Gasteiger charge is -2.44. The van der Waals surface area contributed by atoms with Crippen molar-refractivity contribution in [1.82, 2.24) is 0 Å². The zero-order valence-corrected chi connectivity index (χ0v) is 28.4. The van der Waals surface area contributed by atoms with E-state index in [4.69, 9.17) is 0 Å². The van der Waals surface area contributed by atoms with Gasteiger partial charge < -0.3 is 9.62 Å². The summed E-state index contributed by atoms with van der Waals surface area (Å²) in [7, 11) is 0. The predicted octanol–water partition coefficient (Wildman–Crippen LogP) is 9.16. The summed E-state index contributed by atoms with van der Waals surface area (Å²) in [6, 6.07) is 68.0. The number of nitrogens with zero attached hydrogens (tertiary/aromatic N) is 2. The van der Waals surface area contributed by atoms with Gasteiger partial charge in [0.25, 0.3) is 0 Å². The van der Waals surface area contributed by atoms with E-state index in [9.17, 15) is 0 Å². The summed E-state index contributed by atoms with van der Waals surface area (Å²) >= 11 is 0. The maximum absolute atomic E-state index is 2.60. The van der Waals surface area contributed by atoms with Gasteiger partial charge >= 0.3 is 13.7 Å². The zero-order chi connectivity index (χ0) is 33.9. The number of rotatable bonds is 1. The molecular weight excluding hydrogens is 626 g/mol. The van der Waals surface area contributed by atoms with Gasteiger partial charge in [-0.25, -0.2) is 0 Å². The molecule has 8 aromatic carbocycles. The SMILES string of the molecule is c1ccc2c(c1)B1c3ccc(-c4cccc5c4-c4ccccc4B4c6ccccc6-c6ccccc6N45)cc3-c3ccccc3N1c1ccccc1-2. The molecule has 0 saturated heterocycles. The van der Waals surface area contributed by atoms with Gasteiger partial charge in [-0.15, -0.1) is 0 Å². The minimum absolute atomic E-state index is 0.0844. The summed E-state index contributed by atoms with van der Waals surface area (Å²) in [5, 5.41) is 0. The second kappa shape index (κ2) is 10.5. The third-order valence-corrected chi connectivity index (χ3v) is 11.9. The van der Waals surface area contributed by atoms with Crippen molar-refractivity contribution in [3.8, 4) is 55.6 Å². The Hall–Kier alpha value is -6.51. The molecule has 4 heteroatoms. The van der Waals surface area contributed by atoms with E-state index < -0.39 is 0 Å². The van der Waals surface area contributed by atoms with Crippen LogP contribution < -0.4 is 31.5 Å². The van der Waals surface area contributed by atoms with E-state index in [1.54, 1.807) is 0 Å². The second-order valence-electron chi connectivity index (χ2n) is 14.4. The molecule has 0 atom stereocenters. The lowest BCUT2D eigenvalue weighted by atomic mass is 9.43. The van der Waals surface area contributed by atoms with Crippen molar-refractivity contribution in [3.63, 3.8) is 0 Å². The van der Waals surface area contributed by atoms with Crippen LogP contribution in [0.15, 0.2) is 182 Å². The van der Waals surface area contributed by atoms with Crippen molar-refractivity contribution < 1.29 is 0 Å². The molecule has 2 nitrogen and oxygen atoms in total. The Morgan fingerprint density at radius 2 is 0.654 bits per heavy atom. The average Bonchev–Trinajstić information content (AvgIpc) is 3.23. The number of para-hydroxylation sites is 3. The fourth-order valence-electron chi connectivity index (χ4n) is 9.83. The first kappa shape index (κ1) is 28.2. The molecule has 4 aliphatic heterocycles. The molecule has 0 saturated carbocycles. The van der Waals surface area contributed by atoms with Crippen LogP contribution in [0.4, 0.5) is 22.7 Å². The lowest BCUT2D eigenvalue weighted by molar-refractivity contribution is 1.34. The highest BCUT2D eigenvalue weighted by molar-refractivity contribution is 6.93. The van der Waals surface area contributed by atoms with Gasteiger partial charge in [0.2, 0.25) is 0 Å². The maximum atomic E-state index is 2.60. The van der Waals surface area contributed by atoms with Gasteiger partial charge in [0, 0.05) is 45.0 Å². The molecule has 0 radical (unpaired) electrons. The van der Waals surface area contributed by atoms with Crippen molar-refractivity contribution in [2.45, 2.75) is 0 Å². The summed E-state index contributed by atoms with van der Waals surface area (Å²) in [4.78, 5) is 5.17. The largest absolute Gasteiger partial charge is 0.376 e. The molecule has 0 spiro atoms. The molecule has 4 aliphatic rings. The first-order valence-electron chi connectivity index (χ1n) is 18.3. The Morgan fingerprint density at radius 3 is 1.23 bits per heavy atom. The molecule has 0 bridgehead atoms. The highest BCUT2D eigenvalue weighted by Crippen LogP contribution is 2.50. The van der Waals surface area contributed by atoms with Gasteiger partial charge in [-0.3, -0.25) is 0 Å². The minimum Gasteiger partial charge on any atom is -0.376 e. The third-order valence-electron chi connectivity index (χ3n) is 11.9. The Labute approximate surface area is 304 Å². The zero-order valence-electron chi connectivity index (χ0n) is 28.4. The van der Waals surface area contributed by atoms with Crippen LogP contribution in [0.25, 0.3) is 55.6 Å². The number of hydrogen-bond acceptors (Lipinski definition) is 2. The molecule has 0 unspecified atom stereocenters. The van der Waals surface area contributed by atoms with Gasteiger partial charge in [0.1, 0.15) is 0 Å². The van der Waals surface area contributed by atoms with Crippen LogP contribution in [-0.2, 0) is 0 Å². The Bertz CT molecular complexity index is 2800. The maximum Gasteiger partial charge on any atom is 0.329 e. The van der Waals surface area contributed by atoms with Crippen LogP contribution in [0, 0.1) is 0 Å². The van der Waals surface area contributed by atoms with E-state index in [2.05, 4.69) is 192 Å². The summed E-state index contributed by atoms with van der Waals surface area (Å²) in [5.74, 6) is 0. The van der Waals surface area contributed by atoms with Crippen LogP contribution >= 0.6 is 0 Å². The lowest BCUT2D eigenvalue weighted by Crippen LogP contribution is -2.59. The van der Waals surface area contributed by atoms with Crippen LogP contribution in [0.5, 0.6) is 0 Å². The van der Waals surface area contributed by atoms with E-state index in [-0.39, 0.29) is 13.7 Å². The molecule has 4 heterocycles. The molecular formula is C48H30B2N2. The van der Waals surface area contributed by atoms with Crippen LogP contribution in [0.3, 0.4) is 0 Å². The molecule has 0 N–H and O–H groups in total. The highest BCUT2D eigenvalue weighted by Gasteiger charge is 2.44. The molecule has 238 valence electrons. The minimum atomic E-state index is 0.0844. The van der Waals surface area contributed by atoms with Gasteiger partial charge in [0.05, 0.1) is 0 Å². The summed E-state index contributed by atoms with van der Waals surface area (Å²) in [6.07, 6.45) is 0. The quantitative estimate of drug-likeness (QED) is 0.163. The van der Waals surface area contributed by atoms with E-state index in [1.165, 1.54) is 100 Å². The summed E-state index contributed by atoms with van der Waals surface area (Å²) in [6.45, 7) is 0.182. The second-order valence-corrected chi connectivity index (χ2v) is 14.4. The predicted molar refractivity (Wildman–Crippen MR) is 221 cm³/mol. The fourth-order valence-corrected chi connectivity index (χ4v) is 9.83. The van der Waals surface area contributed by atoms with Crippen molar-refractivity contribution in [2.24, 2.45) is 0 Å². The van der Waals surface area contributed by atoms with E-state index in [1.807, 2.05) is 0 Å². The molecule has 0 aromatic heterocycles. The first-order valence-corrected chi connectivity index (χ1v) is 18.3.